The number of rotatable bonds is 3. The molecule has 3 heteroatoms. The van der Waals surface area contributed by atoms with E-state index < -0.39 is 0 Å². The number of esters is 1. The molecule has 16 heavy (non-hydrogen) atoms. The number of hydrogen-bond acceptors (Lipinski definition) is 3. The van der Waals surface area contributed by atoms with Gasteiger partial charge in [-0.3, -0.25) is 4.79 Å². The second-order valence-electron chi connectivity index (χ2n) is 5.82. The Labute approximate surface area is 98.9 Å². The maximum absolute atomic E-state index is 11.7. The van der Waals surface area contributed by atoms with Crippen LogP contribution in [0.1, 0.15) is 47.0 Å². The van der Waals surface area contributed by atoms with Crippen LogP contribution in [0.2, 0.25) is 0 Å². The summed E-state index contributed by atoms with van der Waals surface area (Å²) >= 11 is 0. The van der Waals surface area contributed by atoms with Crippen LogP contribution in [-0.2, 0) is 9.53 Å². The molecule has 1 aliphatic rings. The van der Waals surface area contributed by atoms with E-state index in [1.807, 2.05) is 20.8 Å². The second-order valence-corrected chi connectivity index (χ2v) is 5.82. The zero-order valence-corrected chi connectivity index (χ0v) is 11.0. The number of carbonyl (C=O) groups excluding carboxylic acids is 1. The molecule has 1 heterocycles. The minimum Gasteiger partial charge on any atom is -0.460 e. The largest absolute Gasteiger partial charge is 0.460 e. The van der Waals surface area contributed by atoms with Gasteiger partial charge in [-0.05, 0) is 52.1 Å². The van der Waals surface area contributed by atoms with Crippen LogP contribution in [0.25, 0.3) is 0 Å². The molecule has 0 radical (unpaired) electrons. The monoisotopic (exact) mass is 227 g/mol. The smallest absolute Gasteiger partial charge is 0.306 e. The normalized spacial score (nSPS) is 26.5. The molecule has 0 bridgehead atoms. The predicted octanol–water partition coefficient (Wildman–Crippen LogP) is 2.35. The minimum absolute atomic E-state index is 0.0592. The van der Waals surface area contributed by atoms with Gasteiger partial charge in [0.1, 0.15) is 5.60 Å². The quantitative estimate of drug-likeness (QED) is 0.752. The van der Waals surface area contributed by atoms with Gasteiger partial charge in [0.2, 0.25) is 0 Å². The van der Waals surface area contributed by atoms with Gasteiger partial charge in [0.15, 0.2) is 0 Å². The van der Waals surface area contributed by atoms with Gasteiger partial charge in [-0.15, -0.1) is 0 Å². The van der Waals surface area contributed by atoms with Gasteiger partial charge in [-0.25, -0.2) is 0 Å². The van der Waals surface area contributed by atoms with Crippen LogP contribution < -0.4 is 5.32 Å². The number of carbonyl (C=O) groups is 1. The van der Waals surface area contributed by atoms with E-state index in [2.05, 4.69) is 12.2 Å². The van der Waals surface area contributed by atoms with Gasteiger partial charge in [-0.2, -0.15) is 0 Å². The van der Waals surface area contributed by atoms with E-state index in [0.29, 0.717) is 12.3 Å². The average Bonchev–Trinajstić information content (AvgIpc) is 2.15. The molecule has 0 spiro atoms. The first kappa shape index (κ1) is 13.5. The highest BCUT2D eigenvalue weighted by Gasteiger charge is 2.25. The van der Waals surface area contributed by atoms with Crippen molar-refractivity contribution in [2.75, 3.05) is 13.1 Å². The molecule has 0 aromatic carbocycles. The fourth-order valence-electron chi connectivity index (χ4n) is 2.22. The summed E-state index contributed by atoms with van der Waals surface area (Å²) in [5.74, 6) is 1.12. The third-order valence-electron chi connectivity index (χ3n) is 2.99. The Kier molecular flexibility index (Phi) is 4.78. The number of nitrogens with one attached hydrogen (secondary N) is 1. The zero-order chi connectivity index (χ0) is 12.2. The molecule has 0 aromatic heterocycles. The summed E-state index contributed by atoms with van der Waals surface area (Å²) in [6, 6.07) is 0. The SMILES string of the molecule is CC[C@@H]1CNC[C@@H](CC(=O)OC(C)(C)C)C1. The van der Waals surface area contributed by atoms with Crippen LogP contribution in [0.3, 0.4) is 0 Å². The summed E-state index contributed by atoms with van der Waals surface area (Å²) in [6.07, 6.45) is 2.90. The van der Waals surface area contributed by atoms with Crippen LogP contribution in [-0.4, -0.2) is 24.7 Å². The van der Waals surface area contributed by atoms with Crippen molar-refractivity contribution in [2.24, 2.45) is 11.8 Å². The van der Waals surface area contributed by atoms with Crippen molar-refractivity contribution in [3.8, 4) is 0 Å². The molecular weight excluding hydrogens is 202 g/mol. The molecule has 1 fully saturated rings. The summed E-state index contributed by atoms with van der Waals surface area (Å²) in [7, 11) is 0. The molecule has 1 N–H and O–H groups in total. The van der Waals surface area contributed by atoms with Crippen LogP contribution in [0.15, 0.2) is 0 Å². The van der Waals surface area contributed by atoms with Crippen molar-refractivity contribution in [2.45, 2.75) is 52.6 Å². The van der Waals surface area contributed by atoms with Crippen molar-refractivity contribution in [1.29, 1.82) is 0 Å². The molecule has 2 atom stereocenters. The molecule has 0 saturated carbocycles. The van der Waals surface area contributed by atoms with Gasteiger partial charge in [-0.1, -0.05) is 13.3 Å². The number of piperidine rings is 1. The van der Waals surface area contributed by atoms with Gasteiger partial charge < -0.3 is 10.1 Å². The first-order chi connectivity index (χ1) is 7.40. The molecule has 0 unspecified atom stereocenters. The van der Waals surface area contributed by atoms with Crippen LogP contribution in [0.5, 0.6) is 0 Å². The first-order valence-electron chi connectivity index (χ1n) is 6.33. The third-order valence-corrected chi connectivity index (χ3v) is 2.99. The van der Waals surface area contributed by atoms with Crippen LogP contribution >= 0.6 is 0 Å². The highest BCUT2D eigenvalue weighted by Crippen LogP contribution is 2.22. The standard InChI is InChI=1S/C13H25NO2/c1-5-10-6-11(9-14-8-10)7-12(15)16-13(2,3)4/h10-11,14H,5-9H2,1-4H3/t10-,11+/m0/s1. The van der Waals surface area contributed by atoms with E-state index in [4.69, 9.17) is 4.74 Å². The molecule has 0 amide bonds. The average molecular weight is 227 g/mol. The van der Waals surface area contributed by atoms with Crippen molar-refractivity contribution >= 4 is 5.97 Å². The number of hydrogen-bond donors (Lipinski definition) is 1. The lowest BCUT2D eigenvalue weighted by Gasteiger charge is -2.29. The summed E-state index contributed by atoms with van der Waals surface area (Å²) < 4.78 is 5.34. The lowest BCUT2D eigenvalue weighted by atomic mass is 9.87. The van der Waals surface area contributed by atoms with E-state index in [9.17, 15) is 4.79 Å². The molecule has 1 saturated heterocycles. The van der Waals surface area contributed by atoms with Gasteiger partial charge in [0.25, 0.3) is 0 Å². The van der Waals surface area contributed by atoms with Crippen molar-refractivity contribution in [1.82, 2.24) is 5.32 Å². The maximum atomic E-state index is 11.7. The third kappa shape index (κ3) is 4.97. The fourth-order valence-corrected chi connectivity index (χ4v) is 2.22. The van der Waals surface area contributed by atoms with E-state index in [0.717, 1.165) is 25.4 Å². The summed E-state index contributed by atoms with van der Waals surface area (Å²) in [5, 5.41) is 3.40. The Morgan fingerprint density at radius 1 is 1.31 bits per heavy atom. The van der Waals surface area contributed by atoms with Gasteiger partial charge in [0, 0.05) is 6.42 Å². The Balaban J connectivity index is 2.33. The molecule has 0 aromatic rings. The summed E-state index contributed by atoms with van der Waals surface area (Å²) in [5.41, 5.74) is -0.358. The molecule has 94 valence electrons. The maximum Gasteiger partial charge on any atom is 0.306 e. The molecule has 3 nitrogen and oxygen atoms in total. The Morgan fingerprint density at radius 3 is 2.50 bits per heavy atom. The molecular formula is C13H25NO2. The van der Waals surface area contributed by atoms with E-state index in [-0.39, 0.29) is 11.6 Å². The zero-order valence-electron chi connectivity index (χ0n) is 11.0. The van der Waals surface area contributed by atoms with Crippen LogP contribution in [0.4, 0.5) is 0 Å². The van der Waals surface area contributed by atoms with E-state index in [1.54, 1.807) is 0 Å². The highest BCUT2D eigenvalue weighted by molar-refractivity contribution is 5.70. The highest BCUT2D eigenvalue weighted by atomic mass is 16.6. The Bertz CT molecular complexity index is 233. The Morgan fingerprint density at radius 2 is 1.94 bits per heavy atom. The summed E-state index contributed by atoms with van der Waals surface area (Å²) in [4.78, 5) is 11.7. The first-order valence-corrected chi connectivity index (χ1v) is 6.33. The molecule has 1 rings (SSSR count). The topological polar surface area (TPSA) is 38.3 Å². The second kappa shape index (κ2) is 5.67. The van der Waals surface area contributed by atoms with Gasteiger partial charge in [0.05, 0.1) is 0 Å². The van der Waals surface area contributed by atoms with Crippen molar-refractivity contribution in [3.05, 3.63) is 0 Å². The van der Waals surface area contributed by atoms with Crippen molar-refractivity contribution < 1.29 is 9.53 Å². The molecule has 0 aliphatic carbocycles. The van der Waals surface area contributed by atoms with Crippen LogP contribution in [0, 0.1) is 11.8 Å². The fraction of sp³-hybridized carbons (Fsp3) is 0.923. The lowest BCUT2D eigenvalue weighted by molar-refractivity contribution is -0.156. The van der Waals surface area contributed by atoms with Crippen molar-refractivity contribution in [3.63, 3.8) is 0 Å². The lowest BCUT2D eigenvalue weighted by Crippen LogP contribution is -2.37. The molecule has 1 aliphatic heterocycles. The predicted molar refractivity (Wildman–Crippen MR) is 65.2 cm³/mol. The number of ether oxygens (including phenoxy) is 1. The summed E-state index contributed by atoms with van der Waals surface area (Å²) in [6.45, 7) is 10.0. The Hall–Kier alpha value is -0.570. The van der Waals surface area contributed by atoms with Gasteiger partial charge >= 0.3 is 5.97 Å². The van der Waals surface area contributed by atoms with E-state index >= 15 is 0 Å². The van der Waals surface area contributed by atoms with E-state index in [1.165, 1.54) is 6.42 Å². The minimum atomic E-state index is -0.358.